The molecule has 0 aromatic carbocycles. The number of thiophene rings is 1. The van der Waals surface area contributed by atoms with E-state index in [4.69, 9.17) is 21.6 Å². The molecule has 2 amide bonds. The smallest absolute Gasteiger partial charge is 0.278 e. The number of sulfonamides is 1. The molecule has 4 aromatic rings. The van der Waals surface area contributed by atoms with Crippen molar-refractivity contribution in [3.05, 3.63) is 64.6 Å². The average Bonchev–Trinajstić information content (AvgIpc) is 3.66. The van der Waals surface area contributed by atoms with Gasteiger partial charge in [0, 0.05) is 39.6 Å². The van der Waals surface area contributed by atoms with Crippen LogP contribution in [0.4, 0.5) is 11.6 Å². The molecule has 0 spiro atoms. The van der Waals surface area contributed by atoms with Gasteiger partial charge in [0.15, 0.2) is 22.4 Å². The Morgan fingerprint density at radius 1 is 1.26 bits per heavy atom. The van der Waals surface area contributed by atoms with Gasteiger partial charge in [-0.05, 0) is 36.6 Å². The summed E-state index contributed by atoms with van der Waals surface area (Å²) < 4.78 is 35.9. The predicted molar refractivity (Wildman–Crippen MR) is 175 cm³/mol. The monoisotopic (exact) mass is 695 g/mol. The summed E-state index contributed by atoms with van der Waals surface area (Å²) in [5.74, 6) is 0.262. The van der Waals surface area contributed by atoms with Gasteiger partial charge in [0.2, 0.25) is 5.91 Å². The summed E-state index contributed by atoms with van der Waals surface area (Å²) in [6.07, 6.45) is 5.35. The number of carbonyl (C=O) groups excluding carboxylic acids is 2. The van der Waals surface area contributed by atoms with Crippen LogP contribution in [0.3, 0.4) is 0 Å². The Balaban J connectivity index is 1.32. The predicted octanol–water partition coefficient (Wildman–Crippen LogP) is 3.74. The molecule has 1 fully saturated rings. The molecule has 14 nitrogen and oxygen atoms in total. The summed E-state index contributed by atoms with van der Waals surface area (Å²) in [4.78, 5) is 43.0. The zero-order valence-corrected chi connectivity index (χ0v) is 28.0. The number of pyridine rings is 1. The summed E-state index contributed by atoms with van der Waals surface area (Å²) in [6.45, 7) is 3.07. The topological polar surface area (TPSA) is 167 Å². The normalized spacial score (nSPS) is 18.9. The van der Waals surface area contributed by atoms with Gasteiger partial charge >= 0.3 is 0 Å². The highest BCUT2D eigenvalue weighted by molar-refractivity contribution is 7.91. The molecular weight excluding hydrogens is 666 g/mol. The number of halogens is 1. The first-order valence-corrected chi connectivity index (χ1v) is 17.2. The van der Waals surface area contributed by atoms with Crippen LogP contribution in [-0.4, -0.2) is 82.2 Å². The lowest BCUT2D eigenvalue weighted by Gasteiger charge is -2.42. The van der Waals surface area contributed by atoms with E-state index in [0.717, 1.165) is 27.4 Å². The second-order valence-corrected chi connectivity index (χ2v) is 15.0. The second-order valence-electron chi connectivity index (χ2n) is 11.2. The molecule has 0 bridgehead atoms. The van der Waals surface area contributed by atoms with E-state index in [1.807, 2.05) is 24.1 Å². The van der Waals surface area contributed by atoms with Crippen molar-refractivity contribution in [3.8, 4) is 6.07 Å². The maximum Gasteiger partial charge on any atom is 0.278 e. The number of likely N-dealkylation sites (N-methyl/N-ethyl adjacent to an activating group) is 2. The molecule has 0 unspecified atom stereocenters. The maximum absolute atomic E-state index is 13.6. The van der Waals surface area contributed by atoms with Crippen LogP contribution in [0.1, 0.15) is 25.3 Å². The number of amides is 2. The number of anilines is 2. The Morgan fingerprint density at radius 3 is 2.81 bits per heavy atom. The number of nitrogens with zero attached hydrogens (tertiary/aromatic N) is 8. The van der Waals surface area contributed by atoms with E-state index in [1.54, 1.807) is 33.9 Å². The molecule has 1 saturated heterocycles. The molecular formula is C30H30ClN9O5S2. The highest BCUT2D eigenvalue weighted by Gasteiger charge is 2.41. The molecule has 1 N–H and O–H groups in total. The van der Waals surface area contributed by atoms with Crippen LogP contribution in [0.2, 0.25) is 4.34 Å². The number of rotatable bonds is 8. The third-order valence-electron chi connectivity index (χ3n) is 8.38. The van der Waals surface area contributed by atoms with E-state index in [-0.39, 0.29) is 62.4 Å². The minimum atomic E-state index is -4.09. The zero-order valence-electron chi connectivity index (χ0n) is 25.6. The summed E-state index contributed by atoms with van der Waals surface area (Å²) in [5.41, 5.74) is 0.492. The molecule has 0 saturated carbocycles. The Labute approximate surface area is 279 Å². The molecule has 2 aliphatic rings. The van der Waals surface area contributed by atoms with Crippen molar-refractivity contribution in [2.75, 3.05) is 37.4 Å². The highest BCUT2D eigenvalue weighted by Crippen LogP contribution is 2.43. The van der Waals surface area contributed by atoms with Crippen molar-refractivity contribution in [1.29, 1.82) is 5.26 Å². The van der Waals surface area contributed by atoms with Crippen molar-refractivity contribution in [1.82, 2.24) is 28.7 Å². The van der Waals surface area contributed by atoms with E-state index in [0.29, 0.717) is 24.6 Å². The molecule has 0 aliphatic carbocycles. The van der Waals surface area contributed by atoms with E-state index < -0.39 is 15.9 Å². The fourth-order valence-corrected chi connectivity index (χ4v) is 9.04. The largest absolute Gasteiger partial charge is 0.470 e. The summed E-state index contributed by atoms with van der Waals surface area (Å²) in [6, 6.07) is 10.2. The van der Waals surface area contributed by atoms with Crippen molar-refractivity contribution in [2.24, 2.45) is 5.92 Å². The van der Waals surface area contributed by atoms with E-state index in [2.05, 4.69) is 27.2 Å². The molecule has 6 heterocycles. The van der Waals surface area contributed by atoms with Gasteiger partial charge in [-0.2, -0.15) is 5.26 Å². The van der Waals surface area contributed by atoms with Gasteiger partial charge in [0.25, 0.3) is 15.9 Å². The van der Waals surface area contributed by atoms with Gasteiger partial charge in [-0.15, -0.1) is 11.3 Å². The van der Waals surface area contributed by atoms with Crippen molar-refractivity contribution >= 4 is 73.2 Å². The number of nitrogens with one attached hydrogen (secondary N) is 1. The molecule has 2 atom stereocenters. The Hall–Kier alpha value is -4.72. The van der Waals surface area contributed by atoms with Crippen LogP contribution in [0, 0.1) is 17.2 Å². The van der Waals surface area contributed by atoms with Gasteiger partial charge in [0.1, 0.15) is 30.0 Å². The Bertz CT molecular complexity index is 2040. The number of aromatic nitrogens is 4. The number of fused-ring (bicyclic) bond motifs is 2. The van der Waals surface area contributed by atoms with Crippen molar-refractivity contribution in [2.45, 2.75) is 36.7 Å². The van der Waals surface area contributed by atoms with Gasteiger partial charge in [-0.25, -0.2) is 23.4 Å². The highest BCUT2D eigenvalue weighted by atomic mass is 35.5. The van der Waals surface area contributed by atoms with Crippen LogP contribution in [0.15, 0.2) is 59.0 Å². The number of hydrogen-bond donors (Lipinski definition) is 1. The first-order chi connectivity index (χ1) is 22.5. The number of nitriles is 1. The van der Waals surface area contributed by atoms with E-state index in [9.17, 15) is 18.0 Å². The third-order valence-corrected chi connectivity index (χ3v) is 11.9. The van der Waals surface area contributed by atoms with Crippen LogP contribution in [0.25, 0.3) is 16.8 Å². The van der Waals surface area contributed by atoms with Crippen LogP contribution >= 0.6 is 22.9 Å². The SMILES string of the molecule is C[C@@H]1CCN(C(=O)CC#N)C[C@@H]1N(C)c1ncnc2c1ccn2COC1=C(C(=O)Nc2ccccn2)N(C)S(=O)(=O)c2sc(Cl)cc21. The number of hydrogen-bond acceptors (Lipinski definition) is 11. The Morgan fingerprint density at radius 2 is 2.06 bits per heavy atom. The van der Waals surface area contributed by atoms with Gasteiger partial charge in [0.05, 0.1) is 27.4 Å². The fraction of sp³-hybridized carbons (Fsp3) is 0.333. The minimum absolute atomic E-state index is 0.0281. The lowest BCUT2D eigenvalue weighted by molar-refractivity contribution is -0.131. The quantitative estimate of drug-likeness (QED) is 0.287. The minimum Gasteiger partial charge on any atom is -0.470 e. The van der Waals surface area contributed by atoms with Crippen LogP contribution in [-0.2, 0) is 31.1 Å². The van der Waals surface area contributed by atoms with Gasteiger partial charge in [-0.1, -0.05) is 24.6 Å². The first kappa shape index (κ1) is 32.2. The number of piperidine rings is 1. The van der Waals surface area contributed by atoms with Crippen molar-refractivity contribution < 1.29 is 22.7 Å². The molecule has 17 heteroatoms. The third kappa shape index (κ3) is 5.97. The molecule has 244 valence electrons. The first-order valence-electron chi connectivity index (χ1n) is 14.6. The Kier molecular flexibility index (Phi) is 8.79. The van der Waals surface area contributed by atoms with Crippen molar-refractivity contribution in [3.63, 3.8) is 0 Å². The zero-order chi connectivity index (χ0) is 33.5. The molecule has 6 rings (SSSR count). The molecule has 2 aliphatic heterocycles. The lowest BCUT2D eigenvalue weighted by Crippen LogP contribution is -2.52. The van der Waals surface area contributed by atoms with E-state index >= 15 is 0 Å². The average molecular weight is 696 g/mol. The van der Waals surface area contributed by atoms with Crippen LogP contribution < -0.4 is 10.2 Å². The molecule has 0 radical (unpaired) electrons. The second kappa shape index (κ2) is 12.8. The summed E-state index contributed by atoms with van der Waals surface area (Å²) >= 11 is 7.15. The number of ether oxygens (including phenoxy) is 1. The maximum atomic E-state index is 13.6. The lowest BCUT2D eigenvalue weighted by atomic mass is 9.92. The molecule has 47 heavy (non-hydrogen) atoms. The molecule has 4 aromatic heterocycles. The summed E-state index contributed by atoms with van der Waals surface area (Å²) in [7, 11) is -0.889. The van der Waals surface area contributed by atoms with Gasteiger partial charge < -0.3 is 19.9 Å². The standard InChI is InChI=1S/C30H30ClN9O5S2/c1-18-8-12-39(24(41)7-10-32)15-21(18)37(2)27-19-9-13-40(28(19)35-16-34-27)17-45-26-20-14-22(31)46-30(20)47(43,44)38(3)25(26)29(42)36-23-6-4-5-11-33-23/h4-6,9,11,13-14,16,18,21H,7-8,12,15,17H2,1-3H3,(H,33,36,42)/t18-,21+/m1/s1. The number of likely N-dealkylation sites (tertiary alicyclic amines) is 1. The summed E-state index contributed by atoms with van der Waals surface area (Å²) in [5, 5.41) is 12.4. The number of carbonyl (C=O) groups is 2. The van der Waals surface area contributed by atoms with Gasteiger partial charge in [-0.3, -0.25) is 18.5 Å². The fourth-order valence-electron chi connectivity index (χ4n) is 5.84. The van der Waals surface area contributed by atoms with E-state index in [1.165, 1.54) is 25.6 Å². The van der Waals surface area contributed by atoms with Crippen LogP contribution in [0.5, 0.6) is 0 Å².